The zero-order valence-corrected chi connectivity index (χ0v) is 15.0. The molecule has 3 rings (SSSR count). The number of nitrogens with zero attached hydrogens (tertiary/aromatic N) is 3. The molecule has 0 spiro atoms. The average molecular weight is 383 g/mol. The van der Waals surface area contributed by atoms with Gasteiger partial charge in [-0.3, -0.25) is 14.6 Å². The second-order valence-corrected chi connectivity index (χ2v) is 6.82. The molecular weight excluding hydrogens is 370 g/mol. The summed E-state index contributed by atoms with van der Waals surface area (Å²) < 4.78 is 0. The van der Waals surface area contributed by atoms with Crippen molar-refractivity contribution >= 4 is 46.9 Å². The molecule has 0 aliphatic heterocycles. The molecule has 0 aliphatic rings. The van der Waals surface area contributed by atoms with Crippen molar-refractivity contribution in [2.45, 2.75) is 0 Å². The molecule has 9 heteroatoms. The lowest BCUT2D eigenvalue weighted by atomic mass is 10.2. The predicted molar refractivity (Wildman–Crippen MR) is 103 cm³/mol. The van der Waals surface area contributed by atoms with Gasteiger partial charge in [0, 0.05) is 16.0 Å². The number of hydrazone groups is 2. The number of carbonyl (C=O) groups excluding carboxylic acids is 2. The summed E-state index contributed by atoms with van der Waals surface area (Å²) in [5.41, 5.74) is 5.26. The van der Waals surface area contributed by atoms with Crippen molar-refractivity contribution in [1.82, 2.24) is 15.8 Å². The van der Waals surface area contributed by atoms with Gasteiger partial charge in [-0.05, 0) is 35.0 Å². The van der Waals surface area contributed by atoms with Gasteiger partial charge in [0.25, 0.3) is 11.8 Å². The quantitative estimate of drug-likeness (QED) is 0.506. The van der Waals surface area contributed by atoms with Crippen LogP contribution in [0.25, 0.3) is 0 Å². The highest BCUT2D eigenvalue weighted by atomic mass is 32.1. The van der Waals surface area contributed by atoms with Crippen LogP contribution < -0.4 is 10.9 Å². The number of hydrogen-bond acceptors (Lipinski definition) is 7. The molecule has 3 aromatic heterocycles. The first-order chi connectivity index (χ1) is 12.7. The van der Waals surface area contributed by atoms with Crippen LogP contribution in [0.15, 0.2) is 63.6 Å². The first-order valence-electron chi connectivity index (χ1n) is 7.42. The fraction of sp³-hybridized carbons (Fsp3) is 0. The van der Waals surface area contributed by atoms with Crippen molar-refractivity contribution in [3.05, 3.63) is 74.4 Å². The fourth-order valence-corrected chi connectivity index (χ4v) is 2.99. The molecule has 0 radical (unpaired) electrons. The highest BCUT2D eigenvalue weighted by Crippen LogP contribution is 2.05. The van der Waals surface area contributed by atoms with Crippen molar-refractivity contribution < 1.29 is 9.59 Å². The lowest BCUT2D eigenvalue weighted by Gasteiger charge is -2.01. The Bertz CT molecular complexity index is 839. The molecule has 0 aromatic carbocycles. The van der Waals surface area contributed by atoms with Gasteiger partial charge in [-0.2, -0.15) is 10.2 Å². The van der Waals surface area contributed by atoms with E-state index >= 15 is 0 Å². The highest BCUT2D eigenvalue weighted by Gasteiger charge is 2.09. The molecule has 0 fully saturated rings. The number of amides is 2. The molecule has 7 nitrogen and oxygen atoms in total. The van der Waals surface area contributed by atoms with E-state index in [1.807, 2.05) is 35.0 Å². The van der Waals surface area contributed by atoms with Gasteiger partial charge >= 0.3 is 0 Å². The molecule has 3 aromatic rings. The van der Waals surface area contributed by atoms with Crippen LogP contribution in [0.1, 0.15) is 30.6 Å². The number of thiophene rings is 2. The highest BCUT2D eigenvalue weighted by molar-refractivity contribution is 7.12. The monoisotopic (exact) mass is 383 g/mol. The molecule has 0 saturated heterocycles. The second kappa shape index (κ2) is 8.79. The van der Waals surface area contributed by atoms with Crippen LogP contribution in [0.4, 0.5) is 0 Å². The lowest BCUT2D eigenvalue weighted by Crippen LogP contribution is -2.21. The SMILES string of the molecule is O=C(N/N=C/c1cccs1)c1ccc(C(=O)N/N=C/c2cccs2)nc1. The Morgan fingerprint density at radius 3 is 2.00 bits per heavy atom. The van der Waals surface area contributed by atoms with Gasteiger partial charge in [-0.1, -0.05) is 12.1 Å². The van der Waals surface area contributed by atoms with E-state index in [1.165, 1.54) is 41.0 Å². The molecule has 0 saturated carbocycles. The lowest BCUT2D eigenvalue weighted by molar-refractivity contribution is 0.0939. The number of hydrogen-bond donors (Lipinski definition) is 2. The number of pyridine rings is 1. The Morgan fingerprint density at radius 1 is 0.885 bits per heavy atom. The van der Waals surface area contributed by atoms with Crippen LogP contribution in [0.5, 0.6) is 0 Å². The Morgan fingerprint density at radius 2 is 1.50 bits per heavy atom. The molecule has 0 unspecified atom stereocenters. The van der Waals surface area contributed by atoms with E-state index in [-0.39, 0.29) is 5.69 Å². The first-order valence-corrected chi connectivity index (χ1v) is 9.18. The third-order valence-corrected chi connectivity index (χ3v) is 4.67. The fourth-order valence-electron chi connectivity index (χ4n) is 1.82. The summed E-state index contributed by atoms with van der Waals surface area (Å²) in [4.78, 5) is 29.8. The van der Waals surface area contributed by atoms with Gasteiger partial charge in [0.1, 0.15) is 5.69 Å². The minimum atomic E-state index is -0.458. The average Bonchev–Trinajstić information content (AvgIpc) is 3.36. The van der Waals surface area contributed by atoms with Gasteiger partial charge in [-0.15, -0.1) is 22.7 Å². The summed E-state index contributed by atoms with van der Waals surface area (Å²) in [6, 6.07) is 10.5. The summed E-state index contributed by atoms with van der Waals surface area (Å²) >= 11 is 3.02. The number of nitrogens with one attached hydrogen (secondary N) is 2. The molecule has 3 heterocycles. The molecule has 0 bridgehead atoms. The van der Waals surface area contributed by atoms with Crippen molar-refractivity contribution in [2.24, 2.45) is 10.2 Å². The molecule has 2 amide bonds. The van der Waals surface area contributed by atoms with Gasteiger partial charge < -0.3 is 0 Å². The Labute approximate surface area is 157 Å². The smallest absolute Gasteiger partial charge is 0.267 e. The third-order valence-electron chi connectivity index (χ3n) is 3.06. The number of carbonyl (C=O) groups is 2. The summed E-state index contributed by atoms with van der Waals surface area (Å²) in [5, 5.41) is 11.6. The standard InChI is InChI=1S/C17H13N5O2S2/c23-16(21-19-10-13-3-1-7-25-13)12-5-6-15(18-9-12)17(24)22-20-11-14-4-2-8-26-14/h1-11H,(H,21,23)(H,22,24)/b19-10+,20-11+. The molecule has 0 atom stereocenters. The zero-order chi connectivity index (χ0) is 18.2. The zero-order valence-electron chi connectivity index (χ0n) is 13.3. The van der Waals surface area contributed by atoms with E-state index in [4.69, 9.17) is 0 Å². The maximum atomic E-state index is 12.0. The Kier molecular flexibility index (Phi) is 5.96. The van der Waals surface area contributed by atoms with E-state index in [2.05, 4.69) is 26.0 Å². The summed E-state index contributed by atoms with van der Waals surface area (Å²) in [6.45, 7) is 0. The van der Waals surface area contributed by atoms with Gasteiger partial charge in [-0.25, -0.2) is 10.9 Å². The van der Waals surface area contributed by atoms with E-state index in [0.717, 1.165) is 9.75 Å². The topological polar surface area (TPSA) is 95.8 Å². The van der Waals surface area contributed by atoms with Crippen LogP contribution in [0.3, 0.4) is 0 Å². The van der Waals surface area contributed by atoms with Gasteiger partial charge in [0.15, 0.2) is 0 Å². The van der Waals surface area contributed by atoms with Crippen LogP contribution in [0, 0.1) is 0 Å². The second-order valence-electron chi connectivity index (χ2n) is 4.86. The maximum Gasteiger partial charge on any atom is 0.289 e. The predicted octanol–water partition coefficient (Wildman–Crippen LogP) is 2.73. The van der Waals surface area contributed by atoms with Crippen LogP contribution >= 0.6 is 22.7 Å². The molecule has 130 valence electrons. The first kappa shape index (κ1) is 17.6. The minimum Gasteiger partial charge on any atom is -0.267 e. The largest absolute Gasteiger partial charge is 0.289 e. The minimum absolute atomic E-state index is 0.159. The Hall–Kier alpha value is -3.17. The summed E-state index contributed by atoms with van der Waals surface area (Å²) in [5.74, 6) is -0.867. The summed E-state index contributed by atoms with van der Waals surface area (Å²) in [6.07, 6.45) is 4.42. The third kappa shape index (κ3) is 4.91. The molecular formula is C17H13N5O2S2. The van der Waals surface area contributed by atoms with Crippen molar-refractivity contribution in [2.75, 3.05) is 0 Å². The molecule has 2 N–H and O–H groups in total. The van der Waals surface area contributed by atoms with Gasteiger partial charge in [0.2, 0.25) is 0 Å². The van der Waals surface area contributed by atoms with Crippen LogP contribution in [-0.2, 0) is 0 Å². The number of aromatic nitrogens is 1. The van der Waals surface area contributed by atoms with Crippen LogP contribution in [-0.4, -0.2) is 29.2 Å². The van der Waals surface area contributed by atoms with Crippen molar-refractivity contribution in [1.29, 1.82) is 0 Å². The maximum absolute atomic E-state index is 12.0. The molecule has 0 aliphatic carbocycles. The van der Waals surface area contributed by atoms with Crippen molar-refractivity contribution in [3.8, 4) is 0 Å². The van der Waals surface area contributed by atoms with Crippen LogP contribution in [0.2, 0.25) is 0 Å². The van der Waals surface area contributed by atoms with Crippen molar-refractivity contribution in [3.63, 3.8) is 0 Å². The number of rotatable bonds is 6. The van der Waals surface area contributed by atoms with E-state index in [0.29, 0.717) is 5.56 Å². The Balaban J connectivity index is 1.53. The van der Waals surface area contributed by atoms with E-state index in [9.17, 15) is 9.59 Å². The van der Waals surface area contributed by atoms with Gasteiger partial charge in [0.05, 0.1) is 18.0 Å². The van der Waals surface area contributed by atoms with E-state index < -0.39 is 11.8 Å². The van der Waals surface area contributed by atoms with E-state index in [1.54, 1.807) is 12.4 Å². The normalized spacial score (nSPS) is 11.1. The summed E-state index contributed by atoms with van der Waals surface area (Å²) in [7, 11) is 0. The molecule has 26 heavy (non-hydrogen) atoms.